The third kappa shape index (κ3) is 6.43. The van der Waals surface area contributed by atoms with E-state index in [1.165, 1.54) is 5.56 Å². The Bertz CT molecular complexity index is 921. The Balaban J connectivity index is 1.80. The molecule has 3 rings (SSSR count). The van der Waals surface area contributed by atoms with E-state index in [1.54, 1.807) is 0 Å². The second-order valence-electron chi connectivity index (χ2n) is 7.84. The highest BCUT2D eigenvalue weighted by atomic mass is 35.5. The van der Waals surface area contributed by atoms with E-state index in [1.807, 2.05) is 18.2 Å². The molecule has 1 aliphatic rings. The minimum Gasteiger partial charge on any atom is -0.298 e. The first kappa shape index (κ1) is 22.6. The molecule has 0 spiro atoms. The first-order valence-corrected chi connectivity index (χ1v) is 12.4. The van der Waals surface area contributed by atoms with E-state index < -0.39 is 10.1 Å². The summed E-state index contributed by atoms with van der Waals surface area (Å²) in [4.78, 5) is 2.47. The predicted molar refractivity (Wildman–Crippen MR) is 119 cm³/mol. The minimum atomic E-state index is -3.42. The summed E-state index contributed by atoms with van der Waals surface area (Å²) in [6.45, 7) is 3.01. The van der Waals surface area contributed by atoms with Crippen molar-refractivity contribution in [3.63, 3.8) is 0 Å². The molecule has 0 saturated carbocycles. The van der Waals surface area contributed by atoms with Crippen LogP contribution in [0.25, 0.3) is 0 Å². The van der Waals surface area contributed by atoms with Gasteiger partial charge in [0.25, 0.3) is 10.1 Å². The first-order chi connectivity index (χ1) is 13.8. The predicted octanol–water partition coefficient (Wildman–Crippen LogP) is 5.28. The average molecular weight is 456 g/mol. The molecule has 0 aromatic heterocycles. The van der Waals surface area contributed by atoms with Crippen LogP contribution >= 0.6 is 23.2 Å². The summed E-state index contributed by atoms with van der Waals surface area (Å²) in [7, 11) is -3.42. The van der Waals surface area contributed by atoms with Gasteiger partial charge >= 0.3 is 0 Å². The molecular formula is C22H27Cl2NO3S. The van der Waals surface area contributed by atoms with Gasteiger partial charge in [-0.3, -0.25) is 9.08 Å². The smallest absolute Gasteiger partial charge is 0.264 e. The largest absolute Gasteiger partial charge is 0.298 e. The lowest BCUT2D eigenvalue weighted by molar-refractivity contribution is 0.126. The lowest BCUT2D eigenvalue weighted by Crippen LogP contribution is -2.46. The standard InChI is InChI=1S/C22H27Cl2NO3S/c1-29(26,27)28-14-6-12-22(19-9-10-20(23)21(24)15-19)11-5-13-25(17-22)16-18-7-3-2-4-8-18/h2-4,7-10,15H,5-6,11-14,16-17H2,1H3. The quantitative estimate of drug-likeness (QED) is 0.400. The Morgan fingerprint density at radius 1 is 1.10 bits per heavy atom. The van der Waals surface area contributed by atoms with Gasteiger partial charge in [-0.15, -0.1) is 0 Å². The van der Waals surface area contributed by atoms with Crippen molar-refractivity contribution in [3.05, 3.63) is 69.7 Å². The lowest BCUT2D eigenvalue weighted by atomic mass is 9.71. The van der Waals surface area contributed by atoms with Gasteiger partial charge in [0.15, 0.2) is 0 Å². The summed E-state index contributed by atoms with van der Waals surface area (Å²) in [5, 5.41) is 1.10. The monoisotopic (exact) mass is 455 g/mol. The number of hydrogen-bond acceptors (Lipinski definition) is 4. The van der Waals surface area contributed by atoms with E-state index in [-0.39, 0.29) is 12.0 Å². The molecule has 1 heterocycles. The first-order valence-electron chi connectivity index (χ1n) is 9.84. The second-order valence-corrected chi connectivity index (χ2v) is 10.3. The van der Waals surface area contributed by atoms with E-state index >= 15 is 0 Å². The van der Waals surface area contributed by atoms with Crippen molar-refractivity contribution in [3.8, 4) is 0 Å². The lowest BCUT2D eigenvalue weighted by Gasteiger charge is -2.44. The van der Waals surface area contributed by atoms with Gasteiger partial charge in [0.1, 0.15) is 0 Å². The Kier molecular flexibility index (Phi) is 7.63. The highest BCUT2D eigenvalue weighted by molar-refractivity contribution is 7.85. The highest BCUT2D eigenvalue weighted by Gasteiger charge is 2.37. The maximum absolute atomic E-state index is 11.3. The van der Waals surface area contributed by atoms with Crippen LogP contribution in [0.5, 0.6) is 0 Å². The van der Waals surface area contributed by atoms with Crippen LogP contribution in [0.4, 0.5) is 0 Å². The van der Waals surface area contributed by atoms with Gasteiger partial charge in [-0.25, -0.2) is 0 Å². The third-order valence-corrected chi connectivity index (χ3v) is 6.87. The molecule has 0 radical (unpaired) electrons. The fourth-order valence-electron chi connectivity index (χ4n) is 4.23. The molecule has 29 heavy (non-hydrogen) atoms. The summed E-state index contributed by atoms with van der Waals surface area (Å²) in [5.74, 6) is 0. The Hall–Kier alpha value is -1.11. The number of piperidine rings is 1. The third-order valence-electron chi connectivity index (χ3n) is 5.53. The Morgan fingerprint density at radius 3 is 2.55 bits per heavy atom. The van der Waals surface area contributed by atoms with Crippen molar-refractivity contribution in [2.45, 2.75) is 37.6 Å². The maximum Gasteiger partial charge on any atom is 0.264 e. The zero-order valence-corrected chi connectivity index (χ0v) is 18.9. The SMILES string of the molecule is CS(=O)(=O)OCCCC1(c2ccc(Cl)c(Cl)c2)CCCN(Cc2ccccc2)C1. The number of likely N-dealkylation sites (tertiary alicyclic amines) is 1. The molecule has 2 aromatic rings. The molecule has 1 atom stereocenters. The Morgan fingerprint density at radius 2 is 1.86 bits per heavy atom. The van der Waals surface area contributed by atoms with Crippen molar-refractivity contribution in [2.75, 3.05) is 26.0 Å². The normalized spacial score (nSPS) is 20.7. The minimum absolute atomic E-state index is 0.109. The average Bonchev–Trinajstić information content (AvgIpc) is 2.68. The van der Waals surface area contributed by atoms with Crippen LogP contribution in [0.3, 0.4) is 0 Å². The van der Waals surface area contributed by atoms with E-state index in [0.717, 1.165) is 50.7 Å². The molecule has 1 fully saturated rings. The zero-order valence-electron chi connectivity index (χ0n) is 16.6. The highest BCUT2D eigenvalue weighted by Crippen LogP contribution is 2.40. The van der Waals surface area contributed by atoms with Crippen molar-refractivity contribution < 1.29 is 12.6 Å². The molecule has 1 unspecified atom stereocenters. The molecule has 4 nitrogen and oxygen atoms in total. The van der Waals surface area contributed by atoms with Crippen molar-refractivity contribution in [1.29, 1.82) is 0 Å². The molecule has 0 aliphatic carbocycles. The molecule has 2 aromatic carbocycles. The van der Waals surface area contributed by atoms with Gasteiger partial charge in [-0.05, 0) is 55.5 Å². The Labute approximate surface area is 183 Å². The zero-order chi connectivity index (χ0) is 20.9. The van der Waals surface area contributed by atoms with Crippen LogP contribution in [0.15, 0.2) is 48.5 Å². The van der Waals surface area contributed by atoms with Crippen molar-refractivity contribution >= 4 is 33.3 Å². The number of hydrogen-bond donors (Lipinski definition) is 0. The van der Waals surface area contributed by atoms with E-state index in [2.05, 4.69) is 35.2 Å². The van der Waals surface area contributed by atoms with Crippen LogP contribution in [-0.2, 0) is 26.3 Å². The van der Waals surface area contributed by atoms with Gasteiger partial charge in [-0.2, -0.15) is 8.42 Å². The second kappa shape index (κ2) is 9.80. The number of rotatable bonds is 8. The molecule has 0 N–H and O–H groups in total. The van der Waals surface area contributed by atoms with Gasteiger partial charge in [0.2, 0.25) is 0 Å². The van der Waals surface area contributed by atoms with Crippen LogP contribution in [0.2, 0.25) is 10.0 Å². The van der Waals surface area contributed by atoms with E-state index in [0.29, 0.717) is 16.5 Å². The van der Waals surface area contributed by atoms with Crippen LogP contribution in [0.1, 0.15) is 36.8 Å². The summed E-state index contributed by atoms with van der Waals surface area (Å²) < 4.78 is 27.6. The van der Waals surface area contributed by atoms with E-state index in [9.17, 15) is 8.42 Å². The molecule has 1 aliphatic heterocycles. The molecule has 1 saturated heterocycles. The summed E-state index contributed by atoms with van der Waals surface area (Å²) in [6, 6.07) is 16.3. The topological polar surface area (TPSA) is 46.6 Å². The summed E-state index contributed by atoms with van der Waals surface area (Å²) in [5.41, 5.74) is 2.34. The summed E-state index contributed by atoms with van der Waals surface area (Å²) in [6.07, 6.45) is 4.66. The molecular weight excluding hydrogens is 429 g/mol. The fourth-order valence-corrected chi connectivity index (χ4v) is 4.95. The van der Waals surface area contributed by atoms with E-state index in [4.69, 9.17) is 27.4 Å². The van der Waals surface area contributed by atoms with Crippen molar-refractivity contribution in [1.82, 2.24) is 4.90 Å². The molecule has 0 bridgehead atoms. The molecule has 0 amide bonds. The molecule has 7 heteroatoms. The number of benzene rings is 2. The number of halogens is 2. The van der Waals surface area contributed by atoms with Crippen LogP contribution in [0, 0.1) is 0 Å². The van der Waals surface area contributed by atoms with Crippen LogP contribution in [-0.4, -0.2) is 39.3 Å². The van der Waals surface area contributed by atoms with Gasteiger partial charge in [0, 0.05) is 18.5 Å². The summed E-state index contributed by atoms with van der Waals surface area (Å²) >= 11 is 12.5. The fraction of sp³-hybridized carbons (Fsp3) is 0.455. The molecule has 158 valence electrons. The van der Waals surface area contributed by atoms with Gasteiger partial charge in [0.05, 0.1) is 22.9 Å². The van der Waals surface area contributed by atoms with Gasteiger partial charge < -0.3 is 0 Å². The van der Waals surface area contributed by atoms with Crippen LogP contribution < -0.4 is 0 Å². The number of nitrogens with zero attached hydrogens (tertiary/aromatic N) is 1. The van der Waals surface area contributed by atoms with Crippen molar-refractivity contribution in [2.24, 2.45) is 0 Å². The van der Waals surface area contributed by atoms with Gasteiger partial charge in [-0.1, -0.05) is 59.6 Å². The maximum atomic E-state index is 11.3.